The minimum atomic E-state index is -0.475. The molecule has 0 atom stereocenters. The lowest BCUT2D eigenvalue weighted by Gasteiger charge is -2.31. The molecule has 1 saturated heterocycles. The Kier molecular flexibility index (Phi) is 4.39. The minimum Gasteiger partial charge on any atom is -0.376 e. The second-order valence-corrected chi connectivity index (χ2v) is 5.97. The van der Waals surface area contributed by atoms with Crippen molar-refractivity contribution < 1.29 is 4.39 Å². The summed E-state index contributed by atoms with van der Waals surface area (Å²) in [5.41, 5.74) is 4.00. The van der Waals surface area contributed by atoms with Gasteiger partial charge in [-0.15, -0.1) is 0 Å². The average molecular weight is 338 g/mol. The number of nitrogens with zero attached hydrogens (tertiary/aromatic N) is 4. The van der Waals surface area contributed by atoms with E-state index in [1.54, 1.807) is 12.4 Å². The van der Waals surface area contributed by atoms with Crippen molar-refractivity contribution in [1.29, 1.82) is 0 Å². The standard InChI is InChI=1S/C18H19FN6/c19-18-17(16(3-4-23-18)25-9-7-20-8-10-25)24-12-13-1-2-14-15(11-13)22-6-5-21-14/h1-6,11,20,24H,7-10,12H2. The molecule has 25 heavy (non-hydrogen) atoms. The molecule has 0 aliphatic carbocycles. The van der Waals surface area contributed by atoms with Crippen LogP contribution in [0.3, 0.4) is 0 Å². The molecule has 4 rings (SSSR count). The van der Waals surface area contributed by atoms with Crippen LogP contribution in [0.1, 0.15) is 5.56 Å². The fraction of sp³-hybridized carbons (Fsp3) is 0.278. The fourth-order valence-electron chi connectivity index (χ4n) is 3.07. The van der Waals surface area contributed by atoms with Crippen molar-refractivity contribution in [2.24, 2.45) is 0 Å². The first-order valence-corrected chi connectivity index (χ1v) is 8.35. The summed E-state index contributed by atoms with van der Waals surface area (Å²) in [5.74, 6) is -0.475. The fourth-order valence-corrected chi connectivity index (χ4v) is 3.07. The van der Waals surface area contributed by atoms with Gasteiger partial charge in [0.1, 0.15) is 5.69 Å². The monoisotopic (exact) mass is 338 g/mol. The Balaban J connectivity index is 1.57. The van der Waals surface area contributed by atoms with Crippen molar-refractivity contribution in [2.75, 3.05) is 36.4 Å². The molecule has 2 aromatic heterocycles. The molecule has 3 heterocycles. The number of anilines is 2. The highest BCUT2D eigenvalue weighted by molar-refractivity contribution is 5.75. The zero-order valence-electron chi connectivity index (χ0n) is 13.7. The van der Waals surface area contributed by atoms with Gasteiger partial charge in [0.05, 0.1) is 16.7 Å². The first-order valence-electron chi connectivity index (χ1n) is 8.35. The van der Waals surface area contributed by atoms with Crippen molar-refractivity contribution in [3.05, 3.63) is 54.4 Å². The van der Waals surface area contributed by atoms with Gasteiger partial charge >= 0.3 is 0 Å². The van der Waals surface area contributed by atoms with Gasteiger partial charge in [-0.05, 0) is 23.8 Å². The third-order valence-corrected chi connectivity index (χ3v) is 4.34. The number of hydrogen-bond acceptors (Lipinski definition) is 6. The number of benzene rings is 1. The van der Waals surface area contributed by atoms with E-state index in [0.717, 1.165) is 48.5 Å². The molecular weight excluding hydrogens is 319 g/mol. The molecule has 1 aliphatic rings. The van der Waals surface area contributed by atoms with Crippen LogP contribution in [-0.2, 0) is 6.54 Å². The number of hydrogen-bond donors (Lipinski definition) is 2. The van der Waals surface area contributed by atoms with Gasteiger partial charge in [0.25, 0.3) is 0 Å². The highest BCUT2D eigenvalue weighted by Crippen LogP contribution is 2.28. The number of aromatic nitrogens is 3. The van der Waals surface area contributed by atoms with Gasteiger partial charge in [-0.3, -0.25) is 9.97 Å². The van der Waals surface area contributed by atoms with E-state index in [9.17, 15) is 4.39 Å². The van der Waals surface area contributed by atoms with Crippen LogP contribution < -0.4 is 15.5 Å². The Morgan fingerprint density at radius 2 is 1.80 bits per heavy atom. The highest BCUT2D eigenvalue weighted by Gasteiger charge is 2.17. The van der Waals surface area contributed by atoms with Crippen molar-refractivity contribution in [1.82, 2.24) is 20.3 Å². The van der Waals surface area contributed by atoms with Crippen molar-refractivity contribution in [2.45, 2.75) is 6.54 Å². The Labute approximate surface area is 145 Å². The summed E-state index contributed by atoms with van der Waals surface area (Å²) >= 11 is 0. The molecule has 1 fully saturated rings. The summed E-state index contributed by atoms with van der Waals surface area (Å²) in [7, 11) is 0. The minimum absolute atomic E-state index is 0.448. The van der Waals surface area contributed by atoms with Crippen LogP contribution >= 0.6 is 0 Å². The third-order valence-electron chi connectivity index (χ3n) is 4.34. The number of nitrogens with one attached hydrogen (secondary N) is 2. The van der Waals surface area contributed by atoms with Crippen molar-refractivity contribution >= 4 is 22.4 Å². The Morgan fingerprint density at radius 3 is 2.64 bits per heavy atom. The maximum atomic E-state index is 14.3. The summed E-state index contributed by atoms with van der Waals surface area (Å²) in [4.78, 5) is 14.6. The molecule has 1 aromatic carbocycles. The SMILES string of the molecule is Fc1nccc(N2CCNCC2)c1NCc1ccc2nccnc2c1. The van der Waals surface area contributed by atoms with E-state index in [1.165, 1.54) is 6.20 Å². The second-order valence-electron chi connectivity index (χ2n) is 5.97. The summed E-state index contributed by atoms with van der Waals surface area (Å²) in [5, 5.41) is 6.52. The van der Waals surface area contributed by atoms with Crippen LogP contribution in [0.5, 0.6) is 0 Å². The van der Waals surface area contributed by atoms with E-state index in [-0.39, 0.29) is 0 Å². The number of halogens is 1. The Bertz CT molecular complexity index is 878. The van der Waals surface area contributed by atoms with Gasteiger partial charge in [0.15, 0.2) is 0 Å². The molecule has 2 N–H and O–H groups in total. The zero-order valence-corrected chi connectivity index (χ0v) is 13.7. The zero-order chi connectivity index (χ0) is 17.1. The summed E-state index contributed by atoms with van der Waals surface area (Å²) in [6.07, 6.45) is 4.86. The van der Waals surface area contributed by atoms with Gasteiger partial charge in [-0.25, -0.2) is 4.98 Å². The normalized spacial score (nSPS) is 14.7. The lowest BCUT2D eigenvalue weighted by molar-refractivity contribution is 0.573. The van der Waals surface area contributed by atoms with Gasteiger partial charge in [-0.2, -0.15) is 4.39 Å². The van der Waals surface area contributed by atoms with Crippen LogP contribution in [0.4, 0.5) is 15.8 Å². The molecule has 0 radical (unpaired) electrons. The summed E-state index contributed by atoms with van der Waals surface area (Å²) in [6.45, 7) is 3.99. The quantitative estimate of drug-likeness (QED) is 0.711. The van der Waals surface area contributed by atoms with E-state index in [1.807, 2.05) is 24.3 Å². The number of rotatable bonds is 4. The van der Waals surface area contributed by atoms with Crippen LogP contribution in [0.2, 0.25) is 0 Å². The highest BCUT2D eigenvalue weighted by atomic mass is 19.1. The van der Waals surface area contributed by atoms with Gasteiger partial charge in [-0.1, -0.05) is 6.07 Å². The lowest BCUT2D eigenvalue weighted by atomic mass is 10.2. The molecule has 7 heteroatoms. The molecule has 1 aliphatic heterocycles. The average Bonchev–Trinajstić information content (AvgIpc) is 2.67. The molecule has 128 valence electrons. The lowest BCUT2D eigenvalue weighted by Crippen LogP contribution is -2.43. The topological polar surface area (TPSA) is 66.0 Å². The summed E-state index contributed by atoms with van der Waals surface area (Å²) in [6, 6.07) is 7.73. The van der Waals surface area contributed by atoms with Gasteiger partial charge in [0, 0.05) is 51.3 Å². The number of fused-ring (bicyclic) bond motifs is 1. The largest absolute Gasteiger partial charge is 0.376 e. The predicted octanol–water partition coefficient (Wildman–Crippen LogP) is 2.19. The maximum Gasteiger partial charge on any atom is 0.238 e. The molecule has 0 unspecified atom stereocenters. The predicted molar refractivity (Wildman–Crippen MR) is 96.1 cm³/mol. The van der Waals surface area contributed by atoms with Gasteiger partial charge < -0.3 is 15.5 Å². The van der Waals surface area contributed by atoms with E-state index >= 15 is 0 Å². The van der Waals surface area contributed by atoms with Gasteiger partial charge in [0.2, 0.25) is 5.95 Å². The Hall–Kier alpha value is -2.80. The smallest absolute Gasteiger partial charge is 0.238 e. The van der Waals surface area contributed by atoms with E-state index < -0.39 is 5.95 Å². The van der Waals surface area contributed by atoms with Crippen LogP contribution in [0.25, 0.3) is 11.0 Å². The van der Waals surface area contributed by atoms with E-state index in [2.05, 4.69) is 30.5 Å². The molecule has 6 nitrogen and oxygen atoms in total. The summed E-state index contributed by atoms with van der Waals surface area (Å²) < 4.78 is 14.3. The first kappa shape index (κ1) is 15.7. The Morgan fingerprint density at radius 1 is 1.00 bits per heavy atom. The van der Waals surface area contributed by atoms with Crippen LogP contribution in [-0.4, -0.2) is 41.1 Å². The molecule has 3 aromatic rings. The van der Waals surface area contributed by atoms with Crippen LogP contribution in [0.15, 0.2) is 42.9 Å². The number of pyridine rings is 1. The van der Waals surface area contributed by atoms with Crippen molar-refractivity contribution in [3.63, 3.8) is 0 Å². The molecule has 0 bridgehead atoms. The molecular formula is C18H19FN6. The number of piperazine rings is 1. The van der Waals surface area contributed by atoms with Crippen molar-refractivity contribution in [3.8, 4) is 0 Å². The molecule has 0 amide bonds. The first-order chi connectivity index (χ1) is 12.3. The third kappa shape index (κ3) is 3.36. The molecule has 0 saturated carbocycles. The maximum absolute atomic E-state index is 14.3. The van der Waals surface area contributed by atoms with E-state index in [0.29, 0.717) is 12.2 Å². The van der Waals surface area contributed by atoms with Crippen LogP contribution in [0, 0.1) is 5.95 Å². The van der Waals surface area contributed by atoms with E-state index in [4.69, 9.17) is 0 Å². The molecule has 0 spiro atoms. The second kappa shape index (κ2) is 6.98.